The fraction of sp³-hybridized carbons (Fsp3) is 0.188. The molecule has 0 aliphatic rings. The van der Waals surface area contributed by atoms with E-state index in [1.165, 1.54) is 0 Å². The van der Waals surface area contributed by atoms with Crippen LogP contribution >= 0.6 is 0 Å². The molecule has 3 aromatic rings. The third kappa shape index (κ3) is 2.09. The minimum atomic E-state index is -0.234. The zero-order valence-electron chi connectivity index (χ0n) is 11.3. The Labute approximate surface area is 116 Å². The second-order valence-electron chi connectivity index (χ2n) is 4.76. The van der Waals surface area contributed by atoms with Gasteiger partial charge in [-0.05, 0) is 32.0 Å². The van der Waals surface area contributed by atoms with Gasteiger partial charge in [-0.15, -0.1) is 0 Å². The zero-order chi connectivity index (χ0) is 14.1. The smallest absolute Gasteiger partial charge is 0.287 e. The first-order valence-electron chi connectivity index (χ1n) is 6.49. The number of rotatable bonds is 3. The fourth-order valence-corrected chi connectivity index (χ4v) is 2.26. The van der Waals surface area contributed by atoms with Crippen LogP contribution in [0.5, 0.6) is 0 Å². The SMILES string of the molecule is Cc1c(C(=O)N[C@@H](C)c2ccco2)oc2ccccc12. The first-order valence-corrected chi connectivity index (χ1v) is 6.49. The molecule has 0 bridgehead atoms. The highest BCUT2D eigenvalue weighted by atomic mass is 16.3. The summed E-state index contributed by atoms with van der Waals surface area (Å²) in [6.07, 6.45) is 1.59. The second kappa shape index (κ2) is 4.89. The molecular weight excluding hydrogens is 254 g/mol. The molecule has 0 saturated carbocycles. The van der Waals surface area contributed by atoms with Crippen molar-refractivity contribution >= 4 is 16.9 Å². The van der Waals surface area contributed by atoms with E-state index in [1.807, 2.05) is 44.2 Å². The molecule has 2 aromatic heterocycles. The van der Waals surface area contributed by atoms with Gasteiger partial charge >= 0.3 is 0 Å². The van der Waals surface area contributed by atoms with Gasteiger partial charge in [-0.25, -0.2) is 0 Å². The summed E-state index contributed by atoms with van der Waals surface area (Å²) >= 11 is 0. The molecule has 0 spiro atoms. The second-order valence-corrected chi connectivity index (χ2v) is 4.76. The van der Waals surface area contributed by atoms with Crippen LogP contribution in [0.4, 0.5) is 0 Å². The van der Waals surface area contributed by atoms with Gasteiger partial charge < -0.3 is 14.2 Å². The monoisotopic (exact) mass is 269 g/mol. The van der Waals surface area contributed by atoms with Crippen LogP contribution in [0.3, 0.4) is 0 Å². The lowest BCUT2D eigenvalue weighted by Crippen LogP contribution is -2.26. The molecular formula is C16H15NO3. The van der Waals surface area contributed by atoms with Gasteiger partial charge in [-0.3, -0.25) is 4.79 Å². The van der Waals surface area contributed by atoms with E-state index in [0.29, 0.717) is 11.5 Å². The molecule has 20 heavy (non-hydrogen) atoms. The van der Waals surface area contributed by atoms with Crippen molar-refractivity contribution in [1.82, 2.24) is 5.32 Å². The van der Waals surface area contributed by atoms with Crippen molar-refractivity contribution in [3.63, 3.8) is 0 Å². The molecule has 3 rings (SSSR count). The summed E-state index contributed by atoms with van der Waals surface area (Å²) in [5.41, 5.74) is 1.57. The maximum atomic E-state index is 12.3. The Balaban J connectivity index is 1.87. The van der Waals surface area contributed by atoms with Crippen LogP contribution in [-0.2, 0) is 0 Å². The number of benzene rings is 1. The van der Waals surface area contributed by atoms with E-state index < -0.39 is 0 Å². The fourth-order valence-electron chi connectivity index (χ4n) is 2.26. The molecule has 1 N–H and O–H groups in total. The zero-order valence-corrected chi connectivity index (χ0v) is 11.3. The van der Waals surface area contributed by atoms with Crippen LogP contribution in [0.1, 0.15) is 34.8 Å². The van der Waals surface area contributed by atoms with Crippen LogP contribution in [0.25, 0.3) is 11.0 Å². The summed E-state index contributed by atoms with van der Waals surface area (Å²) in [5.74, 6) is 0.833. The molecule has 1 aromatic carbocycles. The van der Waals surface area contributed by atoms with Gasteiger partial charge in [-0.2, -0.15) is 0 Å². The number of hydrogen-bond donors (Lipinski definition) is 1. The molecule has 0 fully saturated rings. The minimum absolute atomic E-state index is 0.204. The van der Waals surface area contributed by atoms with E-state index in [1.54, 1.807) is 12.3 Å². The van der Waals surface area contributed by atoms with E-state index in [-0.39, 0.29) is 11.9 Å². The molecule has 0 aliphatic carbocycles. The van der Waals surface area contributed by atoms with Gasteiger partial charge in [0.1, 0.15) is 11.3 Å². The number of furan rings is 2. The van der Waals surface area contributed by atoms with Crippen molar-refractivity contribution in [3.8, 4) is 0 Å². The summed E-state index contributed by atoms with van der Waals surface area (Å²) in [6, 6.07) is 11.0. The van der Waals surface area contributed by atoms with E-state index in [9.17, 15) is 4.79 Å². The van der Waals surface area contributed by atoms with Crippen molar-refractivity contribution in [1.29, 1.82) is 0 Å². The lowest BCUT2D eigenvalue weighted by molar-refractivity contribution is 0.0908. The first kappa shape index (κ1) is 12.5. The Morgan fingerprint density at radius 3 is 2.70 bits per heavy atom. The average molecular weight is 269 g/mol. The molecule has 0 aliphatic heterocycles. The van der Waals surface area contributed by atoms with Gasteiger partial charge in [0.15, 0.2) is 5.76 Å². The maximum absolute atomic E-state index is 12.3. The largest absolute Gasteiger partial charge is 0.467 e. The number of nitrogens with one attached hydrogen (secondary N) is 1. The van der Waals surface area contributed by atoms with Gasteiger partial charge in [0, 0.05) is 10.9 Å². The average Bonchev–Trinajstić information content (AvgIpc) is 3.07. The summed E-state index contributed by atoms with van der Waals surface area (Å²) in [4.78, 5) is 12.3. The number of para-hydroxylation sites is 1. The van der Waals surface area contributed by atoms with Crippen molar-refractivity contribution in [2.45, 2.75) is 19.9 Å². The molecule has 0 radical (unpaired) electrons. The summed E-state index contributed by atoms with van der Waals surface area (Å²) in [5, 5.41) is 3.84. The Bertz CT molecular complexity index is 740. The van der Waals surface area contributed by atoms with Crippen LogP contribution in [0, 0.1) is 6.92 Å². The van der Waals surface area contributed by atoms with Crippen molar-refractivity contribution in [2.75, 3.05) is 0 Å². The minimum Gasteiger partial charge on any atom is -0.467 e. The lowest BCUT2D eigenvalue weighted by atomic mass is 10.1. The Kier molecular flexibility index (Phi) is 3.06. The van der Waals surface area contributed by atoms with Gasteiger partial charge in [0.05, 0.1) is 12.3 Å². The molecule has 1 atom stereocenters. The van der Waals surface area contributed by atoms with Crippen LogP contribution < -0.4 is 5.32 Å². The highest BCUT2D eigenvalue weighted by molar-refractivity contribution is 5.99. The van der Waals surface area contributed by atoms with Crippen LogP contribution in [0.2, 0.25) is 0 Å². The maximum Gasteiger partial charge on any atom is 0.287 e. The molecule has 4 heteroatoms. The molecule has 4 nitrogen and oxygen atoms in total. The molecule has 2 heterocycles. The van der Waals surface area contributed by atoms with Crippen molar-refractivity contribution in [3.05, 3.63) is 59.7 Å². The van der Waals surface area contributed by atoms with Crippen LogP contribution in [0.15, 0.2) is 51.5 Å². The molecule has 1 amide bonds. The summed E-state index contributed by atoms with van der Waals surface area (Å²) in [6.45, 7) is 3.76. The Morgan fingerprint density at radius 1 is 1.20 bits per heavy atom. The van der Waals surface area contributed by atoms with Crippen LogP contribution in [-0.4, -0.2) is 5.91 Å². The Hall–Kier alpha value is -2.49. The topological polar surface area (TPSA) is 55.4 Å². The summed E-state index contributed by atoms with van der Waals surface area (Å²) in [7, 11) is 0. The molecule has 0 unspecified atom stereocenters. The van der Waals surface area contributed by atoms with Crippen molar-refractivity contribution in [2.24, 2.45) is 0 Å². The number of hydrogen-bond acceptors (Lipinski definition) is 3. The number of aryl methyl sites for hydroxylation is 1. The number of carbonyl (C=O) groups excluding carboxylic acids is 1. The highest BCUT2D eigenvalue weighted by Gasteiger charge is 2.20. The Morgan fingerprint density at radius 2 is 2.00 bits per heavy atom. The number of fused-ring (bicyclic) bond motifs is 1. The number of carbonyl (C=O) groups is 1. The van der Waals surface area contributed by atoms with Gasteiger partial charge in [0.2, 0.25) is 0 Å². The summed E-state index contributed by atoms with van der Waals surface area (Å²) < 4.78 is 10.9. The van der Waals surface area contributed by atoms with E-state index in [4.69, 9.17) is 8.83 Å². The standard InChI is InChI=1S/C16H15NO3/c1-10-12-6-3-4-7-14(12)20-15(10)16(18)17-11(2)13-8-5-9-19-13/h3-9,11H,1-2H3,(H,17,18)/t11-/m0/s1. The predicted octanol–water partition coefficient (Wildman–Crippen LogP) is 3.83. The van der Waals surface area contributed by atoms with Gasteiger partial charge in [-0.1, -0.05) is 18.2 Å². The van der Waals surface area contributed by atoms with E-state index in [0.717, 1.165) is 16.5 Å². The lowest BCUT2D eigenvalue weighted by Gasteiger charge is -2.10. The predicted molar refractivity (Wildman–Crippen MR) is 75.5 cm³/mol. The van der Waals surface area contributed by atoms with Crippen molar-refractivity contribution < 1.29 is 13.6 Å². The van der Waals surface area contributed by atoms with E-state index in [2.05, 4.69) is 5.32 Å². The third-order valence-corrected chi connectivity index (χ3v) is 3.37. The van der Waals surface area contributed by atoms with Gasteiger partial charge in [0.25, 0.3) is 5.91 Å². The highest BCUT2D eigenvalue weighted by Crippen LogP contribution is 2.25. The third-order valence-electron chi connectivity index (χ3n) is 3.37. The van der Waals surface area contributed by atoms with E-state index >= 15 is 0 Å². The first-order chi connectivity index (χ1) is 9.66. The normalized spacial score (nSPS) is 12.5. The number of amides is 1. The molecule has 0 saturated heterocycles. The quantitative estimate of drug-likeness (QED) is 0.786. The molecule has 102 valence electrons.